The first-order valence-electron chi connectivity index (χ1n) is 8.30. The van der Waals surface area contributed by atoms with Crippen LogP contribution < -0.4 is 14.8 Å². The number of hydrogen-bond donors (Lipinski definition) is 2. The normalized spacial score (nSPS) is 10.2. The molecule has 0 saturated carbocycles. The Bertz CT molecular complexity index is 974. The van der Waals surface area contributed by atoms with Crippen LogP contribution in [0, 0.1) is 0 Å². The van der Waals surface area contributed by atoms with E-state index in [9.17, 15) is 9.59 Å². The van der Waals surface area contributed by atoms with Gasteiger partial charge in [0.15, 0.2) is 6.61 Å². The molecule has 1 amide bonds. The largest absolute Gasteiger partial charge is 0.483 e. The minimum atomic E-state index is -1.17. The summed E-state index contributed by atoms with van der Waals surface area (Å²) in [5.41, 5.74) is 0.484. The Labute approximate surface area is 166 Å². The summed E-state index contributed by atoms with van der Waals surface area (Å²) < 4.78 is 11.0. The molecule has 0 bridgehead atoms. The van der Waals surface area contributed by atoms with Gasteiger partial charge in [-0.3, -0.25) is 4.79 Å². The van der Waals surface area contributed by atoms with Gasteiger partial charge in [-0.2, -0.15) is 0 Å². The first-order valence-corrected chi connectivity index (χ1v) is 8.67. The Morgan fingerprint density at radius 1 is 0.929 bits per heavy atom. The highest BCUT2D eigenvalue weighted by Gasteiger charge is 2.13. The van der Waals surface area contributed by atoms with Crippen LogP contribution in [0.4, 0.5) is 5.69 Å². The summed E-state index contributed by atoms with van der Waals surface area (Å²) in [7, 11) is 0. The standard InChI is InChI=1S/C21H16ClNO5/c22-14-6-11-18(21(25)26)19(12-14)27-13-20(24)23-15-7-9-17(10-8-15)28-16-4-2-1-3-5-16/h1-12H,13H2,(H,23,24)(H,25,26). The van der Waals surface area contributed by atoms with E-state index in [2.05, 4.69) is 5.32 Å². The molecule has 0 aliphatic heterocycles. The smallest absolute Gasteiger partial charge is 0.339 e. The average Bonchev–Trinajstić information content (AvgIpc) is 2.68. The number of benzene rings is 3. The summed E-state index contributed by atoms with van der Waals surface area (Å²) in [4.78, 5) is 23.3. The quantitative estimate of drug-likeness (QED) is 0.595. The van der Waals surface area contributed by atoms with Crippen LogP contribution in [0.25, 0.3) is 0 Å². The molecule has 6 nitrogen and oxygen atoms in total. The summed E-state index contributed by atoms with van der Waals surface area (Å²) in [6.45, 7) is -0.358. The van der Waals surface area contributed by atoms with Crippen molar-refractivity contribution in [2.24, 2.45) is 0 Å². The van der Waals surface area contributed by atoms with Gasteiger partial charge in [0.2, 0.25) is 0 Å². The number of ether oxygens (including phenoxy) is 2. The molecule has 0 radical (unpaired) electrons. The number of carboxylic acids is 1. The molecule has 0 fully saturated rings. The second kappa shape index (κ2) is 8.92. The number of hydrogen-bond acceptors (Lipinski definition) is 4. The Morgan fingerprint density at radius 2 is 1.61 bits per heavy atom. The third kappa shape index (κ3) is 5.25. The van der Waals surface area contributed by atoms with Crippen molar-refractivity contribution in [1.29, 1.82) is 0 Å². The minimum absolute atomic E-state index is 0.0294. The van der Waals surface area contributed by atoms with Crippen LogP contribution in [0.1, 0.15) is 10.4 Å². The number of carbonyl (C=O) groups is 2. The van der Waals surface area contributed by atoms with Gasteiger partial charge in [0.05, 0.1) is 0 Å². The molecule has 0 saturated heterocycles. The molecule has 0 atom stereocenters. The van der Waals surface area contributed by atoms with Crippen molar-refractivity contribution in [2.45, 2.75) is 0 Å². The molecule has 0 spiro atoms. The molecule has 142 valence electrons. The number of amides is 1. The van der Waals surface area contributed by atoms with Crippen LogP contribution in [-0.2, 0) is 4.79 Å². The minimum Gasteiger partial charge on any atom is -0.483 e. The summed E-state index contributed by atoms with van der Waals surface area (Å²) >= 11 is 5.85. The van der Waals surface area contributed by atoms with E-state index in [-0.39, 0.29) is 17.9 Å². The number of para-hydroxylation sites is 1. The lowest BCUT2D eigenvalue weighted by Crippen LogP contribution is -2.20. The van der Waals surface area contributed by atoms with Crippen LogP contribution in [-0.4, -0.2) is 23.6 Å². The van der Waals surface area contributed by atoms with Crippen LogP contribution in [0.15, 0.2) is 72.8 Å². The van der Waals surface area contributed by atoms with Gasteiger partial charge in [-0.25, -0.2) is 4.79 Å². The summed E-state index contributed by atoms with van der Waals surface area (Å²) in [5.74, 6) is -0.232. The van der Waals surface area contributed by atoms with Gasteiger partial charge < -0.3 is 19.9 Å². The highest BCUT2D eigenvalue weighted by atomic mass is 35.5. The number of carbonyl (C=O) groups excluding carboxylic acids is 1. The van der Waals surface area contributed by atoms with Gasteiger partial charge in [0.25, 0.3) is 5.91 Å². The molecule has 2 N–H and O–H groups in total. The lowest BCUT2D eigenvalue weighted by atomic mass is 10.2. The van der Waals surface area contributed by atoms with Gasteiger partial charge in [-0.1, -0.05) is 29.8 Å². The van der Waals surface area contributed by atoms with E-state index in [0.717, 1.165) is 0 Å². The van der Waals surface area contributed by atoms with Gasteiger partial charge in [0, 0.05) is 10.7 Å². The molecule has 3 aromatic carbocycles. The third-order valence-corrected chi connectivity index (χ3v) is 3.88. The molecular formula is C21H16ClNO5. The zero-order valence-corrected chi connectivity index (χ0v) is 15.3. The lowest BCUT2D eigenvalue weighted by molar-refractivity contribution is -0.118. The summed E-state index contributed by atoms with van der Waals surface area (Å²) in [6.07, 6.45) is 0. The number of rotatable bonds is 7. The van der Waals surface area contributed by atoms with Gasteiger partial charge >= 0.3 is 5.97 Å². The second-order valence-electron chi connectivity index (χ2n) is 5.72. The molecule has 0 heterocycles. The Hall–Kier alpha value is -3.51. The Balaban J connectivity index is 1.57. The molecule has 0 aromatic heterocycles. The van der Waals surface area contributed by atoms with Gasteiger partial charge in [0.1, 0.15) is 22.8 Å². The monoisotopic (exact) mass is 397 g/mol. The fourth-order valence-corrected chi connectivity index (χ4v) is 2.53. The number of aromatic carboxylic acids is 1. The fraction of sp³-hybridized carbons (Fsp3) is 0.0476. The highest BCUT2D eigenvalue weighted by molar-refractivity contribution is 6.30. The third-order valence-electron chi connectivity index (χ3n) is 3.65. The predicted octanol–water partition coefficient (Wildman–Crippen LogP) is 4.85. The van der Waals surface area contributed by atoms with E-state index in [1.807, 2.05) is 30.3 Å². The number of halogens is 1. The predicted molar refractivity (Wildman–Crippen MR) is 105 cm³/mol. The van der Waals surface area contributed by atoms with Crippen molar-refractivity contribution in [2.75, 3.05) is 11.9 Å². The zero-order valence-electron chi connectivity index (χ0n) is 14.6. The molecule has 0 unspecified atom stereocenters. The highest BCUT2D eigenvalue weighted by Crippen LogP contribution is 2.24. The van der Waals surface area contributed by atoms with E-state index in [0.29, 0.717) is 22.2 Å². The fourth-order valence-electron chi connectivity index (χ4n) is 2.36. The maximum absolute atomic E-state index is 12.1. The molecule has 7 heteroatoms. The van der Waals surface area contributed by atoms with Crippen LogP contribution >= 0.6 is 11.6 Å². The van der Waals surface area contributed by atoms with E-state index in [1.165, 1.54) is 18.2 Å². The molecule has 0 aliphatic carbocycles. The topological polar surface area (TPSA) is 84.9 Å². The first kappa shape index (κ1) is 19.3. The van der Waals surface area contributed by atoms with Crippen molar-refractivity contribution < 1.29 is 24.2 Å². The van der Waals surface area contributed by atoms with Crippen LogP contribution in [0.2, 0.25) is 5.02 Å². The van der Waals surface area contributed by atoms with E-state index >= 15 is 0 Å². The Kier molecular flexibility index (Phi) is 6.14. The second-order valence-corrected chi connectivity index (χ2v) is 6.16. The van der Waals surface area contributed by atoms with E-state index < -0.39 is 11.9 Å². The molecular weight excluding hydrogens is 382 g/mol. The summed E-state index contributed by atoms with van der Waals surface area (Å²) in [5, 5.41) is 12.1. The molecule has 28 heavy (non-hydrogen) atoms. The van der Waals surface area contributed by atoms with Crippen molar-refractivity contribution in [3.05, 3.63) is 83.4 Å². The Morgan fingerprint density at radius 3 is 2.29 bits per heavy atom. The molecule has 0 aliphatic rings. The number of carboxylic acid groups (broad SMARTS) is 1. The van der Waals surface area contributed by atoms with Crippen LogP contribution in [0.5, 0.6) is 17.2 Å². The van der Waals surface area contributed by atoms with Gasteiger partial charge in [-0.15, -0.1) is 0 Å². The number of anilines is 1. The average molecular weight is 398 g/mol. The zero-order chi connectivity index (χ0) is 19.9. The lowest BCUT2D eigenvalue weighted by Gasteiger charge is -2.11. The van der Waals surface area contributed by atoms with E-state index in [4.69, 9.17) is 26.2 Å². The summed E-state index contributed by atoms with van der Waals surface area (Å²) in [6, 6.07) is 20.3. The van der Waals surface area contributed by atoms with Crippen molar-refractivity contribution in [3.8, 4) is 17.2 Å². The van der Waals surface area contributed by atoms with Gasteiger partial charge in [-0.05, 0) is 54.6 Å². The van der Waals surface area contributed by atoms with Crippen molar-refractivity contribution in [3.63, 3.8) is 0 Å². The van der Waals surface area contributed by atoms with Crippen LogP contribution in [0.3, 0.4) is 0 Å². The van der Waals surface area contributed by atoms with E-state index in [1.54, 1.807) is 24.3 Å². The maximum atomic E-state index is 12.1. The SMILES string of the molecule is O=C(COc1cc(Cl)ccc1C(=O)O)Nc1ccc(Oc2ccccc2)cc1. The first-order chi connectivity index (χ1) is 13.5. The molecule has 3 rings (SSSR count). The molecule has 3 aromatic rings. The van der Waals surface area contributed by atoms with Crippen molar-refractivity contribution >= 4 is 29.2 Å². The number of nitrogens with one attached hydrogen (secondary N) is 1. The van der Waals surface area contributed by atoms with Crippen molar-refractivity contribution in [1.82, 2.24) is 0 Å². The maximum Gasteiger partial charge on any atom is 0.339 e.